The second kappa shape index (κ2) is 5.59. The average Bonchev–Trinajstić information content (AvgIpc) is 2.67. The van der Waals surface area contributed by atoms with Crippen LogP contribution in [0.5, 0.6) is 0 Å². The van der Waals surface area contributed by atoms with Gasteiger partial charge in [0.05, 0.1) is 12.2 Å². The number of nitrogens with one attached hydrogen (secondary N) is 3. The standard InChI is InChI=1S/C9H16N4S/c1-3-4-10-9(14)13-7(2)8-5-11-12-6-8/h5-7H,3-4H2,1-2H3,(H,11,12)(H2,10,13,14). The summed E-state index contributed by atoms with van der Waals surface area (Å²) < 4.78 is 0. The van der Waals surface area contributed by atoms with E-state index in [2.05, 4.69) is 27.8 Å². The lowest BCUT2D eigenvalue weighted by molar-refractivity contribution is 0.694. The molecule has 1 unspecified atom stereocenters. The van der Waals surface area contributed by atoms with E-state index >= 15 is 0 Å². The Hall–Kier alpha value is -1.10. The molecular weight excluding hydrogens is 196 g/mol. The largest absolute Gasteiger partial charge is 0.363 e. The highest BCUT2D eigenvalue weighted by molar-refractivity contribution is 7.80. The fourth-order valence-corrected chi connectivity index (χ4v) is 1.35. The molecule has 0 aliphatic rings. The minimum absolute atomic E-state index is 0.186. The lowest BCUT2D eigenvalue weighted by Gasteiger charge is -2.15. The van der Waals surface area contributed by atoms with Crippen molar-refractivity contribution < 1.29 is 0 Å². The van der Waals surface area contributed by atoms with Crippen molar-refractivity contribution in [1.29, 1.82) is 0 Å². The number of hydrogen-bond acceptors (Lipinski definition) is 2. The van der Waals surface area contributed by atoms with Gasteiger partial charge in [-0.05, 0) is 25.6 Å². The Balaban J connectivity index is 2.33. The third-order valence-electron chi connectivity index (χ3n) is 1.90. The number of thiocarbonyl (C=S) groups is 1. The van der Waals surface area contributed by atoms with Crippen LogP contribution < -0.4 is 10.6 Å². The van der Waals surface area contributed by atoms with Crippen LogP contribution in [0.1, 0.15) is 31.9 Å². The summed E-state index contributed by atoms with van der Waals surface area (Å²) in [5, 5.41) is 13.6. The molecule has 78 valence electrons. The predicted molar refractivity (Wildman–Crippen MR) is 61.0 cm³/mol. The van der Waals surface area contributed by atoms with Gasteiger partial charge in [-0.25, -0.2) is 0 Å². The van der Waals surface area contributed by atoms with Gasteiger partial charge in [0.1, 0.15) is 0 Å². The van der Waals surface area contributed by atoms with Crippen molar-refractivity contribution >= 4 is 17.3 Å². The van der Waals surface area contributed by atoms with Crippen LogP contribution in [0.4, 0.5) is 0 Å². The van der Waals surface area contributed by atoms with Gasteiger partial charge in [-0.1, -0.05) is 6.92 Å². The Morgan fingerprint density at radius 3 is 3.07 bits per heavy atom. The van der Waals surface area contributed by atoms with Crippen molar-refractivity contribution in [3.8, 4) is 0 Å². The summed E-state index contributed by atoms with van der Waals surface area (Å²) in [7, 11) is 0. The van der Waals surface area contributed by atoms with Crippen molar-refractivity contribution in [2.75, 3.05) is 6.54 Å². The second-order valence-electron chi connectivity index (χ2n) is 3.15. The molecular formula is C9H16N4S. The number of hydrogen-bond donors (Lipinski definition) is 3. The summed E-state index contributed by atoms with van der Waals surface area (Å²) in [6.07, 6.45) is 4.72. The van der Waals surface area contributed by atoms with Crippen LogP contribution in [0.2, 0.25) is 0 Å². The zero-order chi connectivity index (χ0) is 10.4. The van der Waals surface area contributed by atoms with Crippen molar-refractivity contribution in [3.05, 3.63) is 18.0 Å². The average molecular weight is 212 g/mol. The Labute approximate surface area is 89.5 Å². The molecule has 1 atom stereocenters. The fraction of sp³-hybridized carbons (Fsp3) is 0.556. The van der Waals surface area contributed by atoms with Crippen LogP contribution in [0.25, 0.3) is 0 Å². The number of H-pyrrole nitrogens is 1. The van der Waals surface area contributed by atoms with E-state index in [1.54, 1.807) is 6.20 Å². The third kappa shape index (κ3) is 3.33. The summed E-state index contributed by atoms with van der Waals surface area (Å²) in [6, 6.07) is 0.186. The minimum Gasteiger partial charge on any atom is -0.363 e. The van der Waals surface area contributed by atoms with E-state index in [0.717, 1.165) is 18.5 Å². The van der Waals surface area contributed by atoms with Crippen LogP contribution in [-0.4, -0.2) is 21.9 Å². The number of aromatic amines is 1. The van der Waals surface area contributed by atoms with Crippen molar-refractivity contribution in [3.63, 3.8) is 0 Å². The molecule has 0 amide bonds. The number of rotatable bonds is 4. The van der Waals surface area contributed by atoms with E-state index in [1.807, 2.05) is 13.1 Å². The van der Waals surface area contributed by atoms with Gasteiger partial charge in [-0.2, -0.15) is 5.10 Å². The topological polar surface area (TPSA) is 52.7 Å². The SMILES string of the molecule is CCCNC(=S)NC(C)c1cn[nH]c1. The van der Waals surface area contributed by atoms with Gasteiger partial charge >= 0.3 is 0 Å². The van der Waals surface area contributed by atoms with Crippen molar-refractivity contribution in [2.45, 2.75) is 26.3 Å². The molecule has 5 heteroatoms. The molecule has 1 aromatic heterocycles. The molecule has 14 heavy (non-hydrogen) atoms. The highest BCUT2D eigenvalue weighted by atomic mass is 32.1. The molecule has 0 bridgehead atoms. The molecule has 0 fully saturated rings. The molecule has 0 saturated carbocycles. The van der Waals surface area contributed by atoms with Crippen molar-refractivity contribution in [2.24, 2.45) is 0 Å². The first-order valence-corrected chi connectivity index (χ1v) is 5.18. The van der Waals surface area contributed by atoms with Gasteiger partial charge < -0.3 is 10.6 Å². The van der Waals surface area contributed by atoms with Gasteiger partial charge in [0.2, 0.25) is 0 Å². The Kier molecular flexibility index (Phi) is 4.39. The molecule has 1 heterocycles. The van der Waals surface area contributed by atoms with Gasteiger partial charge in [-0.3, -0.25) is 5.10 Å². The number of nitrogens with zero attached hydrogens (tertiary/aromatic N) is 1. The smallest absolute Gasteiger partial charge is 0.166 e. The maximum absolute atomic E-state index is 5.12. The number of aromatic nitrogens is 2. The van der Waals surface area contributed by atoms with E-state index in [4.69, 9.17) is 12.2 Å². The first-order valence-electron chi connectivity index (χ1n) is 4.77. The van der Waals surface area contributed by atoms with Gasteiger partial charge in [0.25, 0.3) is 0 Å². The molecule has 4 nitrogen and oxygen atoms in total. The summed E-state index contributed by atoms with van der Waals surface area (Å²) in [5.41, 5.74) is 1.10. The molecule has 0 spiro atoms. The molecule has 0 aromatic carbocycles. The lowest BCUT2D eigenvalue weighted by atomic mass is 10.2. The fourth-order valence-electron chi connectivity index (χ4n) is 1.07. The van der Waals surface area contributed by atoms with Gasteiger partial charge in [-0.15, -0.1) is 0 Å². The maximum atomic E-state index is 5.12. The van der Waals surface area contributed by atoms with Crippen LogP contribution >= 0.6 is 12.2 Å². The van der Waals surface area contributed by atoms with Crippen molar-refractivity contribution in [1.82, 2.24) is 20.8 Å². The minimum atomic E-state index is 0.186. The zero-order valence-corrected chi connectivity index (χ0v) is 9.32. The molecule has 1 rings (SSSR count). The van der Waals surface area contributed by atoms with E-state index in [-0.39, 0.29) is 6.04 Å². The molecule has 0 aliphatic carbocycles. The second-order valence-corrected chi connectivity index (χ2v) is 3.56. The maximum Gasteiger partial charge on any atom is 0.166 e. The Morgan fingerprint density at radius 1 is 1.71 bits per heavy atom. The highest BCUT2D eigenvalue weighted by Crippen LogP contribution is 2.08. The van der Waals surface area contributed by atoms with Gasteiger partial charge in [0, 0.05) is 18.3 Å². The summed E-state index contributed by atoms with van der Waals surface area (Å²) in [6.45, 7) is 5.06. The molecule has 0 aliphatic heterocycles. The quantitative estimate of drug-likeness (QED) is 0.659. The van der Waals surface area contributed by atoms with E-state index in [1.165, 1.54) is 0 Å². The predicted octanol–water partition coefficient (Wildman–Crippen LogP) is 1.34. The summed E-state index contributed by atoms with van der Waals surface area (Å²) >= 11 is 5.12. The Bertz CT molecular complexity index is 270. The van der Waals surface area contributed by atoms with Crippen LogP contribution in [-0.2, 0) is 0 Å². The zero-order valence-electron chi connectivity index (χ0n) is 8.50. The summed E-state index contributed by atoms with van der Waals surface area (Å²) in [4.78, 5) is 0. The van der Waals surface area contributed by atoms with Crippen LogP contribution in [0.15, 0.2) is 12.4 Å². The summed E-state index contributed by atoms with van der Waals surface area (Å²) in [5.74, 6) is 0. The Morgan fingerprint density at radius 2 is 2.50 bits per heavy atom. The van der Waals surface area contributed by atoms with Gasteiger partial charge in [0.15, 0.2) is 5.11 Å². The first-order chi connectivity index (χ1) is 6.74. The molecule has 0 radical (unpaired) electrons. The van der Waals surface area contributed by atoms with Crippen LogP contribution in [0, 0.1) is 0 Å². The van der Waals surface area contributed by atoms with E-state index in [9.17, 15) is 0 Å². The molecule has 1 aromatic rings. The molecule has 3 N–H and O–H groups in total. The molecule has 0 saturated heterocycles. The van der Waals surface area contributed by atoms with E-state index < -0.39 is 0 Å². The third-order valence-corrected chi connectivity index (χ3v) is 2.16. The lowest BCUT2D eigenvalue weighted by Crippen LogP contribution is -2.36. The first kappa shape index (κ1) is 11.0. The van der Waals surface area contributed by atoms with Crippen LogP contribution in [0.3, 0.4) is 0 Å². The van der Waals surface area contributed by atoms with E-state index in [0.29, 0.717) is 5.11 Å². The monoisotopic (exact) mass is 212 g/mol. The normalized spacial score (nSPS) is 12.1. The highest BCUT2D eigenvalue weighted by Gasteiger charge is 2.06.